The highest BCUT2D eigenvalue weighted by Crippen LogP contribution is 2.59. The molecule has 3 aliphatic rings. The molecule has 15 rings (SSSR count). The molecule has 2 aromatic heterocycles. The summed E-state index contributed by atoms with van der Waals surface area (Å²) in [6.07, 6.45) is 5.02. The maximum Gasteiger partial charge on any atom is 0.0704 e. The fourth-order valence-electron chi connectivity index (χ4n) is 12.1. The van der Waals surface area contributed by atoms with Crippen LogP contribution >= 0.6 is 22.7 Å². The van der Waals surface area contributed by atoms with Crippen LogP contribution in [0.15, 0.2) is 242 Å². The van der Waals surface area contributed by atoms with Crippen molar-refractivity contribution in [1.82, 2.24) is 0 Å². The first-order valence-electron chi connectivity index (χ1n) is 25.9. The number of benzene rings is 10. The lowest BCUT2D eigenvalue weighted by atomic mass is 9.83. The zero-order valence-electron chi connectivity index (χ0n) is 41.8. The standard InChI is InChI=1S/C69H50N4S2/c1-43-19-25-46(26-20-43)70(47-27-21-44(2)22-28-47)49-11-10-12-50(37-49)72(54-38-61-55-13-4-7-16-63(55)73-64-17-8-5-14-56(64)62(39-54)69(61)73)53-33-36-60-59-35-32-52(41-67(59)75-68(60)42-53)71(48-29-23-45(3)24-30-48)51-31-34-58-57-15-6-9-18-65(57)74-66(58)40-51/h4-42,61,69H,1-3H3. The maximum absolute atomic E-state index is 2.58. The Kier molecular flexibility index (Phi) is 10.1. The fraction of sp³-hybridized carbons (Fsp3) is 0.0725. The summed E-state index contributed by atoms with van der Waals surface area (Å²) in [5.41, 5.74) is 20.5. The monoisotopic (exact) mass is 998 g/mol. The summed E-state index contributed by atoms with van der Waals surface area (Å²) >= 11 is 3.74. The van der Waals surface area contributed by atoms with Gasteiger partial charge in [0.25, 0.3) is 0 Å². The number of nitrogens with zero attached hydrogens (tertiary/aromatic N) is 4. The van der Waals surface area contributed by atoms with Crippen LogP contribution in [0.5, 0.6) is 0 Å². The van der Waals surface area contributed by atoms with Gasteiger partial charge in [0.2, 0.25) is 0 Å². The maximum atomic E-state index is 2.58. The summed E-state index contributed by atoms with van der Waals surface area (Å²) in [7, 11) is 0. The SMILES string of the molecule is Cc1ccc(N(c2ccc(C)cc2)c2cccc(N(C3=CC4c5ccccc5N5c6ccccc6C(=C3)C45)c3ccc4c(c3)sc3cc(N(c5ccc(C)cc5)c5ccc6c(c5)sc5ccccc56)ccc34)c2)cc1. The van der Waals surface area contributed by atoms with Crippen LogP contribution < -0.4 is 19.6 Å². The summed E-state index contributed by atoms with van der Waals surface area (Å²) < 4.78 is 5.11. The number of para-hydroxylation sites is 2. The molecule has 4 nitrogen and oxygen atoms in total. The fourth-order valence-corrected chi connectivity index (χ4v) is 14.4. The van der Waals surface area contributed by atoms with Crippen molar-refractivity contribution in [3.8, 4) is 0 Å². The number of rotatable bonds is 9. The Morgan fingerprint density at radius 1 is 0.360 bits per heavy atom. The molecule has 1 aliphatic carbocycles. The van der Waals surface area contributed by atoms with Crippen molar-refractivity contribution in [2.75, 3.05) is 19.6 Å². The summed E-state index contributed by atoms with van der Waals surface area (Å²) in [6.45, 7) is 6.46. The van der Waals surface area contributed by atoms with Crippen molar-refractivity contribution in [2.24, 2.45) is 0 Å². The Balaban J connectivity index is 0.894. The quantitative estimate of drug-likeness (QED) is 0.143. The number of hydrogen-bond acceptors (Lipinski definition) is 6. The average Bonchev–Trinajstić information content (AvgIpc) is 4.26. The van der Waals surface area contributed by atoms with E-state index in [0.29, 0.717) is 0 Å². The lowest BCUT2D eigenvalue weighted by Crippen LogP contribution is -2.29. The van der Waals surface area contributed by atoms with E-state index in [2.05, 4.69) is 277 Å². The summed E-state index contributed by atoms with van der Waals surface area (Å²) in [6, 6.07) is 83.9. The smallest absolute Gasteiger partial charge is 0.0704 e. The van der Waals surface area contributed by atoms with E-state index >= 15 is 0 Å². The predicted molar refractivity (Wildman–Crippen MR) is 322 cm³/mol. The molecule has 0 N–H and O–H groups in total. The van der Waals surface area contributed by atoms with E-state index in [1.165, 1.54) is 90.8 Å². The van der Waals surface area contributed by atoms with Crippen molar-refractivity contribution in [3.05, 3.63) is 270 Å². The number of fused-ring (bicyclic) bond motifs is 12. The Morgan fingerprint density at radius 3 is 1.40 bits per heavy atom. The molecule has 0 saturated carbocycles. The third-order valence-electron chi connectivity index (χ3n) is 15.7. The molecule has 2 aliphatic heterocycles. The van der Waals surface area contributed by atoms with Crippen LogP contribution in [-0.4, -0.2) is 6.04 Å². The van der Waals surface area contributed by atoms with Crippen molar-refractivity contribution in [1.29, 1.82) is 0 Å². The van der Waals surface area contributed by atoms with Gasteiger partial charge < -0.3 is 19.6 Å². The van der Waals surface area contributed by atoms with E-state index in [4.69, 9.17) is 0 Å². The van der Waals surface area contributed by atoms with E-state index < -0.39 is 0 Å². The van der Waals surface area contributed by atoms with Gasteiger partial charge in [0.1, 0.15) is 0 Å². The minimum Gasteiger partial charge on any atom is -0.332 e. The molecule has 0 bridgehead atoms. The van der Waals surface area contributed by atoms with E-state index in [1.54, 1.807) is 0 Å². The molecule has 10 aromatic carbocycles. The van der Waals surface area contributed by atoms with Crippen LogP contribution in [-0.2, 0) is 0 Å². The molecule has 0 saturated heterocycles. The zero-order chi connectivity index (χ0) is 49.9. The highest BCUT2D eigenvalue weighted by Gasteiger charge is 2.48. The first-order valence-corrected chi connectivity index (χ1v) is 27.5. The molecule has 0 radical (unpaired) electrons. The second-order valence-corrected chi connectivity index (χ2v) is 22.5. The number of allylic oxidation sites excluding steroid dienone is 1. The minimum absolute atomic E-state index is 0.174. The first-order chi connectivity index (χ1) is 36.9. The molecular formula is C69H50N4S2. The van der Waals surface area contributed by atoms with Crippen LogP contribution in [0.25, 0.3) is 45.9 Å². The van der Waals surface area contributed by atoms with Gasteiger partial charge in [0.05, 0.1) is 6.04 Å². The molecule has 0 amide bonds. The summed E-state index contributed by atoms with van der Waals surface area (Å²) in [5, 5.41) is 5.15. The predicted octanol–water partition coefficient (Wildman–Crippen LogP) is 20.0. The van der Waals surface area contributed by atoms with E-state index in [9.17, 15) is 0 Å². The van der Waals surface area contributed by atoms with Crippen LogP contribution in [0.3, 0.4) is 0 Å². The Hall–Kier alpha value is -8.68. The second-order valence-electron chi connectivity index (χ2n) is 20.4. The second kappa shape index (κ2) is 17.2. The van der Waals surface area contributed by atoms with Crippen molar-refractivity contribution in [3.63, 3.8) is 0 Å². The number of thiophene rings is 2. The van der Waals surface area contributed by atoms with Crippen LogP contribution in [0.2, 0.25) is 0 Å². The van der Waals surface area contributed by atoms with Gasteiger partial charge in [-0.1, -0.05) is 138 Å². The van der Waals surface area contributed by atoms with E-state index in [0.717, 1.165) is 45.5 Å². The highest BCUT2D eigenvalue weighted by molar-refractivity contribution is 7.26. The van der Waals surface area contributed by atoms with Gasteiger partial charge in [-0.3, -0.25) is 0 Å². The summed E-state index contributed by atoms with van der Waals surface area (Å²) in [4.78, 5) is 9.90. The van der Waals surface area contributed by atoms with Gasteiger partial charge in [-0.25, -0.2) is 0 Å². The van der Waals surface area contributed by atoms with Gasteiger partial charge in [-0.15, -0.1) is 22.7 Å². The third-order valence-corrected chi connectivity index (χ3v) is 17.9. The van der Waals surface area contributed by atoms with Crippen molar-refractivity contribution in [2.45, 2.75) is 32.7 Å². The van der Waals surface area contributed by atoms with Gasteiger partial charge in [-0.2, -0.15) is 0 Å². The topological polar surface area (TPSA) is 13.0 Å². The lowest BCUT2D eigenvalue weighted by molar-refractivity contribution is 0.772. The third kappa shape index (κ3) is 7.15. The van der Waals surface area contributed by atoms with Crippen molar-refractivity contribution >= 4 is 125 Å². The van der Waals surface area contributed by atoms with Gasteiger partial charge in [-0.05, 0) is 147 Å². The molecule has 0 fully saturated rings. The Bertz CT molecular complexity index is 4270. The van der Waals surface area contributed by atoms with Gasteiger partial charge >= 0.3 is 0 Å². The van der Waals surface area contributed by atoms with Crippen molar-refractivity contribution < 1.29 is 0 Å². The highest BCUT2D eigenvalue weighted by atomic mass is 32.1. The molecular weight excluding hydrogens is 949 g/mol. The zero-order valence-corrected chi connectivity index (χ0v) is 43.4. The van der Waals surface area contributed by atoms with Gasteiger partial charge in [0.15, 0.2) is 0 Å². The number of hydrogen-bond donors (Lipinski definition) is 0. The van der Waals surface area contributed by atoms with E-state index in [1.807, 2.05) is 22.7 Å². The molecule has 4 heterocycles. The molecule has 12 aromatic rings. The molecule has 358 valence electrons. The molecule has 75 heavy (non-hydrogen) atoms. The molecule has 2 atom stereocenters. The number of aryl methyl sites for hydroxylation is 3. The molecule has 6 heteroatoms. The van der Waals surface area contributed by atoms with E-state index in [-0.39, 0.29) is 12.0 Å². The molecule has 0 spiro atoms. The number of anilines is 10. The molecule has 2 unspecified atom stereocenters. The first kappa shape index (κ1) is 43.9. The van der Waals surface area contributed by atoms with Crippen LogP contribution in [0.4, 0.5) is 56.9 Å². The Morgan fingerprint density at radius 2 is 0.800 bits per heavy atom. The largest absolute Gasteiger partial charge is 0.332 e. The summed E-state index contributed by atoms with van der Waals surface area (Å²) in [5.74, 6) is 0.174. The van der Waals surface area contributed by atoms with Crippen LogP contribution in [0.1, 0.15) is 33.7 Å². The van der Waals surface area contributed by atoms with Gasteiger partial charge in [0, 0.05) is 114 Å². The normalized spacial score (nSPS) is 15.3. The Labute approximate surface area is 445 Å². The lowest BCUT2D eigenvalue weighted by Gasteiger charge is -2.33. The average molecular weight is 999 g/mol. The minimum atomic E-state index is 0.174. The van der Waals surface area contributed by atoms with Crippen LogP contribution in [0, 0.1) is 20.8 Å².